The van der Waals surface area contributed by atoms with E-state index in [2.05, 4.69) is 179 Å². The van der Waals surface area contributed by atoms with E-state index in [1.54, 1.807) is 6.92 Å². The quantitative estimate of drug-likeness (QED) is 0.00820. The summed E-state index contributed by atoms with van der Waals surface area (Å²) in [5.74, 6) is 5.32. The van der Waals surface area contributed by atoms with E-state index in [0.29, 0.717) is 36.6 Å². The van der Waals surface area contributed by atoms with Gasteiger partial charge in [-0.25, -0.2) is 29.5 Å². The minimum Gasteiger partial charge on any atom is -0.359 e. The van der Waals surface area contributed by atoms with Gasteiger partial charge in [-0.15, -0.1) is 0 Å². The van der Waals surface area contributed by atoms with Gasteiger partial charge in [0.05, 0.1) is 129 Å². The second kappa shape index (κ2) is 50.5. The van der Waals surface area contributed by atoms with Gasteiger partial charge in [0.1, 0.15) is 42.8 Å². The SMILES string of the molecule is C.C=NCCCCN(Cc1nc2ccccc2[nH]1)[C@H]1CCCc2cccnc21.CC(=O)NCCCCN(Cc1nc2ccccc2[nH]1)[C@H]1CCCc2cccnc21.O=CCCCN(Cc1nc2ccccc2[nH]1)[C@H]1CCCc2cccnc21.O=CNCCCCN(Cc1nc2ccccc2[nH]1)[C@H]1CCCc2cccnc21.c1cnc2c(c1)CCC[C@@H]2N1CCCCNC[n+]2c([nH]c3ccccc32)C1. The van der Waals surface area contributed by atoms with Crippen LogP contribution in [-0.4, -0.2) is 178 Å². The first-order valence-corrected chi connectivity index (χ1v) is 50.3. The fourth-order valence-corrected chi connectivity index (χ4v) is 21.2. The molecule has 0 fully saturated rings. The minimum absolute atomic E-state index is 0. The third kappa shape index (κ3) is 26.0. The van der Waals surface area contributed by atoms with Crippen LogP contribution in [0.5, 0.6) is 0 Å². The number of fused-ring (bicyclic) bond motifs is 12. The Balaban J connectivity index is 0.000000125. The number of aromatic amines is 5. The maximum absolute atomic E-state index is 11.1. The number of unbranched alkanes of at least 4 members (excludes halogenated alkanes) is 4. The molecule has 8 N–H and O–H groups in total. The number of aliphatic imine (C=N–C) groups is 1. The highest BCUT2D eigenvalue weighted by Crippen LogP contribution is 2.40. The molecule has 27 nitrogen and oxygen atoms in total. The van der Waals surface area contributed by atoms with Crippen LogP contribution >= 0.6 is 0 Å². The predicted octanol–water partition coefficient (Wildman–Crippen LogP) is 19.0. The number of carbonyl (C=O) groups is 3. The normalized spacial score (nSPS) is 17.3. The van der Waals surface area contributed by atoms with Gasteiger partial charge in [-0.1, -0.05) is 98.4 Å². The minimum atomic E-state index is 0. The monoisotopic (exact) mass is 1860 g/mol. The van der Waals surface area contributed by atoms with E-state index in [4.69, 9.17) is 44.9 Å². The number of aryl methyl sites for hydroxylation is 5. The largest absolute Gasteiger partial charge is 0.359 e. The van der Waals surface area contributed by atoms with Crippen molar-refractivity contribution in [3.63, 3.8) is 0 Å². The molecule has 5 aliphatic carbocycles. The topological polar surface area (TPSA) is 315 Å². The Morgan fingerprint density at radius 2 is 0.812 bits per heavy atom. The van der Waals surface area contributed by atoms with Crippen LogP contribution in [0.2, 0.25) is 0 Å². The third-order valence-corrected chi connectivity index (χ3v) is 27.8. The summed E-state index contributed by atoms with van der Waals surface area (Å²) in [5.41, 5.74) is 24.0. The van der Waals surface area contributed by atoms with Gasteiger partial charge in [0.2, 0.25) is 12.3 Å². The number of amides is 2. The number of imidazole rings is 5. The van der Waals surface area contributed by atoms with Crippen LogP contribution in [0.15, 0.2) is 218 Å². The lowest BCUT2D eigenvalue weighted by Crippen LogP contribution is -2.47. The van der Waals surface area contributed by atoms with Crippen molar-refractivity contribution >= 4 is 80.5 Å². The van der Waals surface area contributed by atoms with Gasteiger partial charge < -0.3 is 40.4 Å². The van der Waals surface area contributed by atoms with Gasteiger partial charge in [0, 0.05) is 64.0 Å². The molecule has 1 aliphatic heterocycles. The molecule has 720 valence electrons. The molecule has 0 saturated heterocycles. The number of carbonyl (C=O) groups excluding carboxylic acids is 3. The predicted molar refractivity (Wildman–Crippen MR) is 549 cm³/mol. The second-order valence-electron chi connectivity index (χ2n) is 37.2. The molecule has 27 heteroatoms. The third-order valence-electron chi connectivity index (χ3n) is 27.8. The fourth-order valence-electron chi connectivity index (χ4n) is 21.2. The number of hydrogen-bond donors (Lipinski definition) is 8. The standard InChI is InChI=1S/C23H29N5O.C22H27N5O.2C22H27N5.C21H24N4O.CH4/c1-17(29)24-13-4-5-15-28(16-22-26-19-10-2-3-11-20(19)27-22)21-12-6-8-18-9-7-14-25-23(18)21;28-16-23-12-3-4-14-27(15-21-25-18-9-1-2-10-19(18)26-21)20-11-5-7-17-8-6-13-24-22(17)20;1-2-10-19-18(9-1)25-21-15-26(14-4-3-12-23-16-27(19)21)20-11-5-7-17-8-6-13-24-22(17)20;1-23-13-4-5-15-27(16-21-25-18-10-2-3-11-19(18)26-21)20-12-6-8-17-9-7-14-24-22(17)20;26-14-4-3-13-25(15-20-23-17-9-1-2-10-18(17)24-20)19-11-5-7-16-8-6-12-22-21(16)19;/h2-3,7,9-11,14,21H,4-6,8,12-13,15-16H2,1H3,(H,24,29)(H,26,27);1-2,6,8-10,13,16,20H,3-5,7,11-12,14-15H2,(H,23,28)(H,25,26);1-2,6,8-10,13,20,23H,3-5,7,11-12,14-16H2;2-3,7,9-11,14,20H,1,4-6,8,12-13,15-16H2,(H,25,26);1-2,6,8-10,12,14,19H,3-5,7,11,13,15H2,(H,23,24);1H4/p+1/t21-;3*20-;19-;/m00000./s1. The zero-order chi connectivity index (χ0) is 93.5. The lowest BCUT2D eigenvalue weighted by Gasteiger charge is -2.34. The molecule has 0 radical (unpaired) electrons. The molecule has 11 heterocycles. The van der Waals surface area contributed by atoms with Gasteiger partial charge in [-0.05, 0) is 319 Å². The van der Waals surface area contributed by atoms with Gasteiger partial charge in [0.25, 0.3) is 5.82 Å². The number of nitrogens with one attached hydrogen (secondary N) is 8. The van der Waals surface area contributed by atoms with E-state index in [0.717, 1.165) is 275 Å². The molecular formula is C111H139N24O3+. The smallest absolute Gasteiger partial charge is 0.270 e. The molecule has 21 rings (SSSR count). The Morgan fingerprint density at radius 3 is 1.22 bits per heavy atom. The zero-order valence-corrected chi connectivity index (χ0v) is 79.6. The van der Waals surface area contributed by atoms with Crippen LogP contribution in [0.1, 0.15) is 258 Å². The number of para-hydroxylation sites is 10. The molecule has 0 saturated carbocycles. The van der Waals surface area contributed by atoms with E-state index < -0.39 is 0 Å². The molecule has 0 unspecified atom stereocenters. The Hall–Kier alpha value is -12.8. The number of hydrogen-bond acceptors (Lipinski definition) is 19. The molecule has 2 amide bonds. The summed E-state index contributed by atoms with van der Waals surface area (Å²) in [6.45, 7) is 18.4. The van der Waals surface area contributed by atoms with Gasteiger partial charge in [-0.3, -0.25) is 64.3 Å². The summed E-state index contributed by atoms with van der Waals surface area (Å²) in [4.78, 5) is 109. The van der Waals surface area contributed by atoms with Crippen LogP contribution in [0.25, 0.3) is 55.2 Å². The van der Waals surface area contributed by atoms with Crippen LogP contribution in [0, 0.1) is 0 Å². The average Bonchev–Trinajstić information content (AvgIpc) is 1.53. The maximum Gasteiger partial charge on any atom is 0.270 e. The average molecular weight is 1860 g/mol. The lowest BCUT2D eigenvalue weighted by molar-refractivity contribution is -0.684. The Bertz CT molecular complexity index is 6240. The summed E-state index contributed by atoms with van der Waals surface area (Å²) >= 11 is 0. The van der Waals surface area contributed by atoms with E-state index in [-0.39, 0.29) is 13.3 Å². The number of rotatable bonds is 33. The summed E-state index contributed by atoms with van der Waals surface area (Å²) in [5, 5.41) is 9.26. The Morgan fingerprint density at radius 1 is 0.435 bits per heavy atom. The lowest BCUT2D eigenvalue weighted by atomic mass is 9.90. The maximum atomic E-state index is 11.1. The van der Waals surface area contributed by atoms with E-state index >= 15 is 0 Å². The fraction of sp³-hybridized carbons (Fsp3) is 0.423. The Labute approximate surface area is 811 Å². The molecule has 138 heavy (non-hydrogen) atoms. The van der Waals surface area contributed by atoms with Crippen molar-refractivity contribution in [2.24, 2.45) is 4.99 Å². The number of benzene rings is 5. The molecule has 5 aromatic carbocycles. The van der Waals surface area contributed by atoms with Crippen molar-refractivity contribution < 1.29 is 19.0 Å². The first-order valence-electron chi connectivity index (χ1n) is 50.3. The zero-order valence-electron chi connectivity index (χ0n) is 79.6. The van der Waals surface area contributed by atoms with Gasteiger partial charge >= 0.3 is 0 Å². The molecule has 5 atom stereocenters. The van der Waals surface area contributed by atoms with E-state index in [9.17, 15) is 14.4 Å². The van der Waals surface area contributed by atoms with E-state index in [1.165, 1.54) is 131 Å². The highest BCUT2D eigenvalue weighted by Gasteiger charge is 2.35. The van der Waals surface area contributed by atoms with Crippen LogP contribution in [-0.2, 0) is 85.9 Å². The Kier molecular flexibility index (Phi) is 36.0. The molecule has 0 bridgehead atoms. The van der Waals surface area contributed by atoms with Gasteiger partial charge in [-0.2, -0.15) is 0 Å². The highest BCUT2D eigenvalue weighted by atomic mass is 16.1. The van der Waals surface area contributed by atoms with Gasteiger partial charge in [0.15, 0.2) is 11.0 Å². The summed E-state index contributed by atoms with van der Waals surface area (Å²) in [7, 11) is 0. The second-order valence-corrected chi connectivity index (χ2v) is 37.2. The van der Waals surface area contributed by atoms with Crippen LogP contribution in [0.3, 0.4) is 0 Å². The van der Waals surface area contributed by atoms with Crippen molar-refractivity contribution in [2.45, 2.75) is 244 Å². The molecule has 15 aromatic rings. The first kappa shape index (κ1) is 98.3. The highest BCUT2D eigenvalue weighted by molar-refractivity contribution is 5.77. The molecule has 6 aliphatic rings. The van der Waals surface area contributed by atoms with Crippen molar-refractivity contribution in [2.75, 3.05) is 58.9 Å². The van der Waals surface area contributed by atoms with Crippen molar-refractivity contribution in [3.05, 3.63) is 298 Å². The summed E-state index contributed by atoms with van der Waals surface area (Å²) in [6, 6.07) is 64.4. The van der Waals surface area contributed by atoms with Crippen LogP contribution < -0.4 is 20.5 Å². The molecule has 0 spiro atoms. The van der Waals surface area contributed by atoms with Crippen molar-refractivity contribution in [1.82, 2.24) is 110 Å². The number of pyridine rings is 5. The number of nitrogens with zero attached hydrogens (tertiary/aromatic N) is 16. The van der Waals surface area contributed by atoms with E-state index in [1.807, 2.05) is 116 Å². The molecule has 10 aromatic heterocycles. The summed E-state index contributed by atoms with van der Waals surface area (Å²) in [6.07, 6.45) is 38.8. The molecular weight excluding hydrogens is 1720 g/mol. The number of aldehydes is 1. The van der Waals surface area contributed by atoms with Crippen molar-refractivity contribution in [1.29, 1.82) is 0 Å². The number of H-pyrrole nitrogens is 5. The van der Waals surface area contributed by atoms with Crippen molar-refractivity contribution in [3.8, 4) is 0 Å². The van der Waals surface area contributed by atoms with Crippen LogP contribution in [0.4, 0.5) is 0 Å². The number of aromatic nitrogens is 15. The summed E-state index contributed by atoms with van der Waals surface area (Å²) < 4.78 is 2.41. The first-order chi connectivity index (χ1) is 67.6.